The van der Waals surface area contributed by atoms with Gasteiger partial charge in [-0.2, -0.15) is 0 Å². The number of hydrogen-bond donors (Lipinski definition) is 1. The fourth-order valence-electron chi connectivity index (χ4n) is 4.43. The highest BCUT2D eigenvalue weighted by Gasteiger charge is 2.28. The lowest BCUT2D eigenvalue weighted by Crippen LogP contribution is -2.13. The third kappa shape index (κ3) is 3.15. The molecule has 1 saturated carbocycles. The van der Waals surface area contributed by atoms with Crippen molar-refractivity contribution in [2.24, 2.45) is 0 Å². The predicted octanol–water partition coefficient (Wildman–Crippen LogP) is 6.64. The van der Waals surface area contributed by atoms with Gasteiger partial charge in [0.15, 0.2) is 0 Å². The molecule has 29 heavy (non-hydrogen) atoms. The maximum absolute atomic E-state index is 12.1. The van der Waals surface area contributed by atoms with Gasteiger partial charge < -0.3 is 9.67 Å². The summed E-state index contributed by atoms with van der Waals surface area (Å²) >= 11 is 1.36. The first kappa shape index (κ1) is 18.1. The predicted molar refractivity (Wildman–Crippen MR) is 118 cm³/mol. The molecule has 5 heteroatoms. The summed E-state index contributed by atoms with van der Waals surface area (Å²) in [4.78, 5) is 18.5. The van der Waals surface area contributed by atoms with Gasteiger partial charge in [0, 0.05) is 17.2 Å². The van der Waals surface area contributed by atoms with Crippen molar-refractivity contribution in [2.75, 3.05) is 0 Å². The number of nitrogens with zero attached hydrogens (tertiary/aromatic N) is 2. The number of aromatic carboxylic acids is 1. The Balaban J connectivity index is 1.81. The summed E-state index contributed by atoms with van der Waals surface area (Å²) in [6, 6.07) is 20.4. The maximum atomic E-state index is 12.1. The number of carboxylic acids is 1. The summed E-state index contributed by atoms with van der Waals surface area (Å²) in [7, 11) is 0. The Morgan fingerprint density at radius 2 is 1.55 bits per heavy atom. The van der Waals surface area contributed by atoms with Crippen molar-refractivity contribution in [2.45, 2.75) is 38.1 Å². The van der Waals surface area contributed by atoms with Crippen LogP contribution in [0.25, 0.3) is 32.9 Å². The average molecular weight is 403 g/mol. The Morgan fingerprint density at radius 3 is 2.17 bits per heavy atom. The number of hydrogen-bond acceptors (Lipinski definition) is 3. The number of carboxylic acid groups (broad SMARTS) is 1. The van der Waals surface area contributed by atoms with Gasteiger partial charge in [0.25, 0.3) is 0 Å². The van der Waals surface area contributed by atoms with Crippen LogP contribution in [0.2, 0.25) is 0 Å². The topological polar surface area (TPSA) is 55.1 Å². The van der Waals surface area contributed by atoms with Crippen LogP contribution in [0.5, 0.6) is 0 Å². The van der Waals surface area contributed by atoms with E-state index in [9.17, 15) is 9.90 Å². The Bertz CT molecular complexity index is 1160. The lowest BCUT2D eigenvalue weighted by atomic mass is 9.95. The quantitative estimate of drug-likeness (QED) is 0.416. The SMILES string of the molecule is O=C(O)c1sc2c(nc(-c3ccccc3)n2C2CCCCC2)c1-c1ccccc1. The maximum Gasteiger partial charge on any atom is 0.346 e. The molecule has 1 N–H and O–H groups in total. The zero-order valence-electron chi connectivity index (χ0n) is 16.0. The first-order valence-electron chi connectivity index (χ1n) is 10.1. The highest BCUT2D eigenvalue weighted by Crippen LogP contribution is 2.44. The first-order chi connectivity index (χ1) is 14.2. The van der Waals surface area contributed by atoms with Gasteiger partial charge in [-0.1, -0.05) is 79.9 Å². The second-order valence-corrected chi connectivity index (χ2v) is 8.59. The van der Waals surface area contributed by atoms with Gasteiger partial charge in [-0.3, -0.25) is 0 Å². The van der Waals surface area contributed by atoms with Gasteiger partial charge in [0.2, 0.25) is 0 Å². The summed E-state index contributed by atoms with van der Waals surface area (Å²) in [6.07, 6.45) is 5.93. The van der Waals surface area contributed by atoms with Crippen molar-refractivity contribution in [3.05, 3.63) is 65.5 Å². The molecule has 1 aliphatic rings. The smallest absolute Gasteiger partial charge is 0.346 e. The van der Waals surface area contributed by atoms with Crippen LogP contribution in [0.15, 0.2) is 60.7 Å². The van der Waals surface area contributed by atoms with Gasteiger partial charge in [0.05, 0.1) is 0 Å². The van der Waals surface area contributed by atoms with Gasteiger partial charge in [-0.15, -0.1) is 11.3 Å². The van der Waals surface area contributed by atoms with E-state index < -0.39 is 5.97 Å². The number of thiophene rings is 1. The zero-order chi connectivity index (χ0) is 19.8. The van der Waals surface area contributed by atoms with E-state index in [1.807, 2.05) is 48.5 Å². The third-order valence-corrected chi connectivity index (χ3v) is 6.92. The van der Waals surface area contributed by atoms with E-state index in [4.69, 9.17) is 4.98 Å². The minimum Gasteiger partial charge on any atom is -0.477 e. The minimum atomic E-state index is -0.886. The molecule has 2 aromatic heterocycles. The molecule has 4 nitrogen and oxygen atoms in total. The molecular weight excluding hydrogens is 380 g/mol. The fraction of sp³-hybridized carbons (Fsp3) is 0.250. The number of rotatable bonds is 4. The van der Waals surface area contributed by atoms with Crippen LogP contribution in [0.4, 0.5) is 0 Å². The summed E-state index contributed by atoms with van der Waals surface area (Å²) in [5.74, 6) is 0.0659. The molecule has 4 aromatic rings. The van der Waals surface area contributed by atoms with Crippen molar-refractivity contribution in [1.82, 2.24) is 9.55 Å². The Kier molecular flexibility index (Phi) is 4.68. The Hall–Kier alpha value is -2.92. The molecule has 1 aliphatic carbocycles. The molecule has 146 valence electrons. The van der Waals surface area contributed by atoms with Crippen molar-refractivity contribution in [3.8, 4) is 22.5 Å². The molecular formula is C24H22N2O2S. The molecule has 2 aromatic carbocycles. The van der Waals surface area contributed by atoms with Crippen LogP contribution in [0, 0.1) is 0 Å². The van der Waals surface area contributed by atoms with E-state index in [0.29, 0.717) is 10.9 Å². The first-order valence-corrected chi connectivity index (χ1v) is 10.9. The van der Waals surface area contributed by atoms with E-state index in [2.05, 4.69) is 16.7 Å². The van der Waals surface area contributed by atoms with Crippen LogP contribution in [-0.4, -0.2) is 20.6 Å². The highest BCUT2D eigenvalue weighted by molar-refractivity contribution is 7.21. The Labute approximate surface area is 173 Å². The number of fused-ring (bicyclic) bond motifs is 1. The van der Waals surface area contributed by atoms with Gasteiger partial charge in [-0.05, 0) is 18.4 Å². The molecule has 0 radical (unpaired) electrons. The van der Waals surface area contributed by atoms with Gasteiger partial charge >= 0.3 is 5.97 Å². The standard InChI is InChI=1S/C24H22N2O2S/c27-24(28)21-19(16-10-4-1-5-11-16)20-23(29-21)26(18-14-8-3-9-15-18)22(25-20)17-12-6-2-7-13-17/h1-2,4-7,10-13,18H,3,8-9,14-15H2,(H,27,28). The number of aromatic nitrogens is 2. The highest BCUT2D eigenvalue weighted by atomic mass is 32.1. The molecule has 0 unspecified atom stereocenters. The number of benzene rings is 2. The number of imidazole rings is 1. The van der Waals surface area contributed by atoms with Crippen molar-refractivity contribution >= 4 is 27.7 Å². The fourth-order valence-corrected chi connectivity index (χ4v) is 5.60. The van der Waals surface area contributed by atoms with Crippen molar-refractivity contribution in [3.63, 3.8) is 0 Å². The summed E-state index contributed by atoms with van der Waals surface area (Å²) in [6.45, 7) is 0. The monoisotopic (exact) mass is 402 g/mol. The van der Waals surface area contributed by atoms with E-state index in [1.165, 1.54) is 30.6 Å². The molecule has 0 amide bonds. The van der Waals surface area contributed by atoms with Crippen LogP contribution >= 0.6 is 11.3 Å². The van der Waals surface area contributed by atoms with Crippen LogP contribution in [-0.2, 0) is 0 Å². The average Bonchev–Trinajstić information content (AvgIpc) is 3.32. The minimum absolute atomic E-state index is 0.368. The lowest BCUT2D eigenvalue weighted by Gasteiger charge is -2.25. The molecule has 0 atom stereocenters. The van der Waals surface area contributed by atoms with E-state index >= 15 is 0 Å². The van der Waals surface area contributed by atoms with E-state index in [0.717, 1.165) is 45.7 Å². The zero-order valence-corrected chi connectivity index (χ0v) is 16.9. The summed E-state index contributed by atoms with van der Waals surface area (Å²) < 4.78 is 2.33. The van der Waals surface area contributed by atoms with Crippen LogP contribution in [0.3, 0.4) is 0 Å². The second-order valence-electron chi connectivity index (χ2n) is 7.59. The molecule has 5 rings (SSSR count). The normalized spacial score (nSPS) is 15.0. The largest absolute Gasteiger partial charge is 0.477 e. The molecule has 0 aliphatic heterocycles. The summed E-state index contributed by atoms with van der Waals surface area (Å²) in [5.41, 5.74) is 3.54. The molecule has 2 heterocycles. The molecule has 0 saturated heterocycles. The molecule has 0 spiro atoms. The second kappa shape index (κ2) is 7.48. The number of carbonyl (C=O) groups is 1. The van der Waals surface area contributed by atoms with Crippen LogP contribution < -0.4 is 0 Å². The van der Waals surface area contributed by atoms with E-state index in [1.54, 1.807) is 0 Å². The van der Waals surface area contributed by atoms with Crippen molar-refractivity contribution in [1.29, 1.82) is 0 Å². The van der Waals surface area contributed by atoms with E-state index in [-0.39, 0.29) is 0 Å². The van der Waals surface area contributed by atoms with Crippen LogP contribution in [0.1, 0.15) is 47.8 Å². The van der Waals surface area contributed by atoms with Gasteiger partial charge in [-0.25, -0.2) is 9.78 Å². The summed E-state index contributed by atoms with van der Waals surface area (Å²) in [5, 5.41) is 9.91. The molecule has 1 fully saturated rings. The third-order valence-electron chi connectivity index (χ3n) is 5.76. The van der Waals surface area contributed by atoms with Crippen molar-refractivity contribution < 1.29 is 9.90 Å². The van der Waals surface area contributed by atoms with Gasteiger partial charge in [0.1, 0.15) is 21.0 Å². The lowest BCUT2D eigenvalue weighted by molar-refractivity contribution is 0.0703. The Morgan fingerprint density at radius 1 is 0.931 bits per heavy atom. The molecule has 0 bridgehead atoms.